The van der Waals surface area contributed by atoms with Crippen LogP contribution in [-0.4, -0.2) is 31.5 Å². The Labute approximate surface area is 90.8 Å². The molecule has 0 atom stereocenters. The summed E-state index contributed by atoms with van der Waals surface area (Å²) in [5.74, 6) is 0. The van der Waals surface area contributed by atoms with Crippen molar-refractivity contribution in [1.82, 2.24) is 0 Å². The average Bonchev–Trinajstić information content (AvgIpc) is 1.78. The minimum Gasteiger partial charge on any atom is -1.00 e. The Morgan fingerprint density at radius 1 is 1.00 bits per heavy atom. The van der Waals surface area contributed by atoms with Gasteiger partial charge in [0.1, 0.15) is 0 Å². The van der Waals surface area contributed by atoms with Crippen LogP contribution in [0.3, 0.4) is 0 Å². The first-order chi connectivity index (χ1) is 4.56. The SMILES string of the molecule is C[P+](C)(C)CCCCCBr.[Br-]. The Morgan fingerprint density at radius 2 is 1.55 bits per heavy atom. The van der Waals surface area contributed by atoms with Gasteiger partial charge in [-0.25, -0.2) is 0 Å². The minimum atomic E-state index is -0.471. The molecule has 11 heavy (non-hydrogen) atoms. The van der Waals surface area contributed by atoms with E-state index in [9.17, 15) is 0 Å². The molecule has 0 amide bonds. The fraction of sp³-hybridized carbons (Fsp3) is 1.00. The molecule has 0 rings (SSSR count). The van der Waals surface area contributed by atoms with Crippen molar-refractivity contribution in [3.05, 3.63) is 0 Å². The predicted molar refractivity (Wildman–Crippen MR) is 57.2 cm³/mol. The summed E-state index contributed by atoms with van der Waals surface area (Å²) in [5.41, 5.74) is 0. The van der Waals surface area contributed by atoms with Crippen LogP contribution in [0.2, 0.25) is 0 Å². The van der Waals surface area contributed by atoms with Crippen molar-refractivity contribution in [3.8, 4) is 0 Å². The molecule has 70 valence electrons. The third-order valence-electron chi connectivity index (χ3n) is 1.46. The van der Waals surface area contributed by atoms with E-state index in [0.29, 0.717) is 0 Å². The largest absolute Gasteiger partial charge is 1.00 e. The van der Waals surface area contributed by atoms with E-state index in [1.165, 1.54) is 30.8 Å². The second-order valence-electron chi connectivity index (χ2n) is 3.76. The Hall–Kier alpha value is 1.39. The lowest BCUT2D eigenvalue weighted by Gasteiger charge is -2.10. The maximum atomic E-state index is 3.44. The summed E-state index contributed by atoms with van der Waals surface area (Å²) < 4.78 is 0. The van der Waals surface area contributed by atoms with Crippen LogP contribution in [0.1, 0.15) is 19.3 Å². The maximum Gasteiger partial charge on any atom is 0.0586 e. The van der Waals surface area contributed by atoms with Crippen LogP contribution in [-0.2, 0) is 0 Å². The van der Waals surface area contributed by atoms with Gasteiger partial charge in [0.15, 0.2) is 0 Å². The average molecular weight is 306 g/mol. The van der Waals surface area contributed by atoms with Crippen LogP contribution in [0, 0.1) is 0 Å². The molecule has 0 fully saturated rings. The summed E-state index contributed by atoms with van der Waals surface area (Å²) in [7, 11) is -0.471. The van der Waals surface area contributed by atoms with Gasteiger partial charge >= 0.3 is 0 Å². The molecule has 0 spiro atoms. The third kappa shape index (κ3) is 14.3. The van der Waals surface area contributed by atoms with Crippen LogP contribution < -0.4 is 17.0 Å². The highest BCUT2D eigenvalue weighted by Crippen LogP contribution is 2.47. The molecule has 0 aliphatic rings. The summed E-state index contributed by atoms with van der Waals surface area (Å²) in [6.07, 6.45) is 5.66. The zero-order chi connectivity index (χ0) is 8.04. The number of unbranched alkanes of at least 4 members (excludes halogenated alkanes) is 2. The second-order valence-corrected chi connectivity index (χ2v) is 9.58. The van der Waals surface area contributed by atoms with E-state index in [-0.39, 0.29) is 17.0 Å². The van der Waals surface area contributed by atoms with E-state index in [4.69, 9.17) is 0 Å². The van der Waals surface area contributed by atoms with E-state index >= 15 is 0 Å². The van der Waals surface area contributed by atoms with Gasteiger partial charge in [-0.3, -0.25) is 0 Å². The number of rotatable bonds is 5. The molecule has 0 nitrogen and oxygen atoms in total. The van der Waals surface area contributed by atoms with E-state index in [1.807, 2.05) is 0 Å². The van der Waals surface area contributed by atoms with Crippen molar-refractivity contribution in [1.29, 1.82) is 0 Å². The molecule has 3 heteroatoms. The van der Waals surface area contributed by atoms with Crippen molar-refractivity contribution in [2.24, 2.45) is 0 Å². The first-order valence-electron chi connectivity index (χ1n) is 3.93. The maximum absolute atomic E-state index is 3.44. The molecule has 0 N–H and O–H groups in total. The van der Waals surface area contributed by atoms with E-state index < -0.39 is 7.26 Å². The van der Waals surface area contributed by atoms with Crippen LogP contribution in [0.5, 0.6) is 0 Å². The number of hydrogen-bond acceptors (Lipinski definition) is 0. The quantitative estimate of drug-likeness (QED) is 0.393. The van der Waals surface area contributed by atoms with Gasteiger partial charge in [-0.15, -0.1) is 0 Å². The Kier molecular flexibility index (Phi) is 10.8. The minimum absolute atomic E-state index is 0. The molecule has 0 radical (unpaired) electrons. The van der Waals surface area contributed by atoms with Gasteiger partial charge in [0, 0.05) is 32.6 Å². The standard InChI is InChI=1S/C8H19BrP.BrH/c1-10(2,3)8-6-4-5-7-9;/h4-8H2,1-3H3;1H/q+1;/p-1. The molecule has 0 saturated carbocycles. The lowest BCUT2D eigenvalue weighted by molar-refractivity contribution is -0.00000238. The van der Waals surface area contributed by atoms with Crippen molar-refractivity contribution in [2.45, 2.75) is 19.3 Å². The fourth-order valence-electron chi connectivity index (χ4n) is 0.857. The molecule has 0 aromatic rings. The highest BCUT2D eigenvalue weighted by atomic mass is 79.9. The monoisotopic (exact) mass is 304 g/mol. The molecule has 0 saturated heterocycles. The van der Waals surface area contributed by atoms with Crippen LogP contribution >= 0.6 is 23.2 Å². The summed E-state index contributed by atoms with van der Waals surface area (Å²) in [6.45, 7) is 7.25. The Morgan fingerprint density at radius 3 is 1.91 bits per heavy atom. The normalized spacial score (nSPS) is 10.9. The van der Waals surface area contributed by atoms with Crippen molar-refractivity contribution < 1.29 is 17.0 Å². The third-order valence-corrected chi connectivity index (χ3v) is 3.68. The molecular weight excluding hydrogens is 287 g/mol. The highest BCUT2D eigenvalue weighted by Gasteiger charge is 2.14. The molecule has 0 unspecified atom stereocenters. The zero-order valence-corrected chi connectivity index (χ0v) is 11.8. The molecule has 0 aliphatic carbocycles. The Balaban J connectivity index is 0. The second kappa shape index (κ2) is 8.01. The lowest BCUT2D eigenvalue weighted by atomic mass is 10.3. The van der Waals surface area contributed by atoms with Gasteiger partial charge in [-0.2, -0.15) is 0 Å². The Bertz CT molecular complexity index is 78.7. The summed E-state index contributed by atoms with van der Waals surface area (Å²) in [6, 6.07) is 0. The van der Waals surface area contributed by atoms with Gasteiger partial charge in [-0.05, 0) is 19.3 Å². The van der Waals surface area contributed by atoms with E-state index in [0.717, 1.165) is 0 Å². The van der Waals surface area contributed by atoms with Crippen molar-refractivity contribution in [3.63, 3.8) is 0 Å². The molecule has 0 aromatic heterocycles. The van der Waals surface area contributed by atoms with E-state index in [2.05, 4.69) is 35.9 Å². The van der Waals surface area contributed by atoms with Crippen LogP contribution in [0.15, 0.2) is 0 Å². The van der Waals surface area contributed by atoms with E-state index in [1.54, 1.807) is 0 Å². The summed E-state index contributed by atoms with van der Waals surface area (Å²) in [4.78, 5) is 0. The number of alkyl halides is 1. The predicted octanol–water partition coefficient (Wildman–Crippen LogP) is 0.463. The highest BCUT2D eigenvalue weighted by molar-refractivity contribution is 9.09. The molecule has 0 bridgehead atoms. The molecule has 0 aliphatic heterocycles. The van der Waals surface area contributed by atoms with Gasteiger partial charge in [0.05, 0.1) is 6.16 Å². The topological polar surface area (TPSA) is 0 Å². The zero-order valence-electron chi connectivity index (χ0n) is 7.74. The van der Waals surface area contributed by atoms with Crippen LogP contribution in [0.4, 0.5) is 0 Å². The smallest absolute Gasteiger partial charge is 0.0586 e. The van der Waals surface area contributed by atoms with Crippen molar-refractivity contribution in [2.75, 3.05) is 31.5 Å². The van der Waals surface area contributed by atoms with Gasteiger partial charge in [-0.1, -0.05) is 15.9 Å². The molecule has 0 heterocycles. The van der Waals surface area contributed by atoms with Gasteiger partial charge in [0.2, 0.25) is 0 Å². The number of halogens is 2. The first-order valence-corrected chi connectivity index (χ1v) is 8.36. The van der Waals surface area contributed by atoms with Crippen LogP contribution in [0.25, 0.3) is 0 Å². The summed E-state index contributed by atoms with van der Waals surface area (Å²) in [5, 5.41) is 1.18. The molecule has 0 aromatic carbocycles. The van der Waals surface area contributed by atoms with Crippen molar-refractivity contribution >= 4 is 23.2 Å². The fourth-order valence-corrected chi connectivity index (χ4v) is 2.43. The van der Waals surface area contributed by atoms with Gasteiger partial charge in [0.25, 0.3) is 0 Å². The van der Waals surface area contributed by atoms with Gasteiger partial charge < -0.3 is 17.0 Å². The summed E-state index contributed by atoms with van der Waals surface area (Å²) >= 11 is 3.44. The first kappa shape index (κ1) is 14.9. The number of hydrogen-bond donors (Lipinski definition) is 0. The molecular formula is C8H19Br2P. The lowest BCUT2D eigenvalue weighted by Crippen LogP contribution is -3.00.